The molecule has 1 aliphatic heterocycles. The van der Waals surface area contributed by atoms with Crippen molar-refractivity contribution in [1.29, 1.82) is 0 Å². The molecule has 0 radical (unpaired) electrons. The Labute approximate surface area is 295 Å². The van der Waals surface area contributed by atoms with Crippen LogP contribution in [0.4, 0.5) is 0 Å². The molecule has 3 aromatic carbocycles. The number of aryl methyl sites for hydroxylation is 1. The molecule has 7 rings (SSSR count). The number of aromatic nitrogens is 2. The van der Waals surface area contributed by atoms with Gasteiger partial charge in [0.15, 0.2) is 0 Å². The lowest BCUT2D eigenvalue weighted by Crippen LogP contribution is -2.59. The lowest BCUT2D eigenvalue weighted by atomic mass is 9.70. The average Bonchev–Trinajstić information content (AvgIpc) is 3.73. The van der Waals surface area contributed by atoms with Gasteiger partial charge in [-0.2, -0.15) is 0 Å². The molecule has 3 aliphatic rings. The van der Waals surface area contributed by atoms with E-state index in [1.165, 1.54) is 47.9 Å². The number of likely N-dealkylation sites (tertiary alicyclic amines) is 1. The number of nitrogens with zero attached hydrogens (tertiary/aromatic N) is 3. The first-order chi connectivity index (χ1) is 23.3. The lowest BCUT2D eigenvalue weighted by Gasteiger charge is -2.52. The Morgan fingerprint density at radius 1 is 0.816 bits per heavy atom. The minimum absolute atomic E-state index is 0.0368. The molecule has 1 aromatic heterocycles. The Morgan fingerprint density at radius 2 is 1.33 bits per heavy atom. The number of hydroxylamine groups is 3. The van der Waals surface area contributed by atoms with E-state index in [9.17, 15) is 5.21 Å². The zero-order valence-electron chi connectivity index (χ0n) is 30.9. The zero-order valence-corrected chi connectivity index (χ0v) is 30.9. The summed E-state index contributed by atoms with van der Waals surface area (Å²) in [5.74, 6) is 1.32. The van der Waals surface area contributed by atoms with Crippen LogP contribution in [-0.4, -0.2) is 33.2 Å². The van der Waals surface area contributed by atoms with E-state index in [2.05, 4.69) is 93.1 Å². The van der Waals surface area contributed by atoms with E-state index < -0.39 is 5.54 Å². The van der Waals surface area contributed by atoms with E-state index in [0.29, 0.717) is 55.6 Å². The molecule has 2 atom stereocenters. The lowest BCUT2D eigenvalue weighted by molar-refractivity contribution is -0.900. The smallest absolute Gasteiger partial charge is 0.321 e. The molecule has 3 fully saturated rings. The van der Waals surface area contributed by atoms with Crippen molar-refractivity contribution in [1.82, 2.24) is 9.97 Å². The third-order valence-electron chi connectivity index (χ3n) is 11.0. The molecule has 262 valence electrons. The maximum absolute atomic E-state index is 13.9. The molecule has 2 N–H and O–H groups in total. The molecule has 1 saturated heterocycles. The van der Waals surface area contributed by atoms with Gasteiger partial charge < -0.3 is 20.3 Å². The summed E-state index contributed by atoms with van der Waals surface area (Å²) in [7, 11) is 0. The molecule has 6 nitrogen and oxygen atoms in total. The van der Waals surface area contributed by atoms with E-state index in [1.54, 1.807) is 18.5 Å². The van der Waals surface area contributed by atoms with Crippen LogP contribution in [0, 0.1) is 23.0 Å². The van der Waals surface area contributed by atoms with Crippen molar-refractivity contribution in [3.8, 4) is 11.8 Å². The second-order valence-electron chi connectivity index (χ2n) is 15.9. The molecule has 49 heavy (non-hydrogen) atoms. The Hall–Kier alpha value is -3.58. The largest absolute Gasteiger partial charge is 0.633 e. The summed E-state index contributed by atoms with van der Waals surface area (Å²) in [4.78, 5) is 8.20. The summed E-state index contributed by atoms with van der Waals surface area (Å²) >= 11 is 0. The minimum Gasteiger partial charge on any atom is -0.633 e. The number of hydrogen-bond acceptors (Lipinski definition) is 5. The molecule has 2 aliphatic carbocycles. The van der Waals surface area contributed by atoms with Crippen molar-refractivity contribution < 1.29 is 9.38 Å². The highest BCUT2D eigenvalue weighted by Gasteiger charge is 2.47. The number of nitrogens with two attached hydrogens (primary N) is 1. The first kappa shape index (κ1) is 36.7. The van der Waals surface area contributed by atoms with Gasteiger partial charge >= 0.3 is 6.01 Å². The van der Waals surface area contributed by atoms with Crippen LogP contribution in [0.15, 0.2) is 91.3 Å². The van der Waals surface area contributed by atoms with Gasteiger partial charge in [-0.3, -0.25) is 0 Å². The van der Waals surface area contributed by atoms with Crippen molar-refractivity contribution in [2.75, 3.05) is 13.1 Å². The van der Waals surface area contributed by atoms with Crippen LogP contribution in [0.25, 0.3) is 0 Å². The number of piperidine rings is 1. The van der Waals surface area contributed by atoms with E-state index >= 15 is 0 Å². The predicted molar refractivity (Wildman–Crippen MR) is 201 cm³/mol. The predicted octanol–water partition coefficient (Wildman–Crippen LogP) is 10.5. The number of ether oxygens (including phenoxy) is 1. The number of hydrogen-bond donors (Lipinski definition) is 1. The SMILES string of the molecule is CC.CC1(C)CCC1.Cc1ccc(C(c2ccc(C3CC3(C)C)cc2)C2(N)CC[N+]([O-])(Cc3ccc(Oc4ncccn4)cc3)CC2)cc1. The molecular weight excluding hydrogens is 604 g/mol. The van der Waals surface area contributed by atoms with Gasteiger partial charge in [0.1, 0.15) is 12.3 Å². The number of benzene rings is 3. The van der Waals surface area contributed by atoms with Crippen LogP contribution < -0.4 is 10.5 Å². The molecule has 0 bridgehead atoms. The molecule has 0 spiro atoms. The quantitative estimate of drug-likeness (QED) is 0.150. The Kier molecular flexibility index (Phi) is 11.3. The van der Waals surface area contributed by atoms with Crippen LogP contribution >= 0.6 is 0 Å². The third kappa shape index (κ3) is 9.36. The van der Waals surface area contributed by atoms with Crippen LogP contribution in [0.2, 0.25) is 0 Å². The van der Waals surface area contributed by atoms with E-state index in [0.717, 1.165) is 11.0 Å². The Balaban J connectivity index is 0.000000522. The van der Waals surface area contributed by atoms with Gasteiger partial charge in [0, 0.05) is 42.3 Å². The second-order valence-corrected chi connectivity index (χ2v) is 15.9. The van der Waals surface area contributed by atoms with Crippen molar-refractivity contribution in [3.63, 3.8) is 0 Å². The normalized spacial score (nSPS) is 25.3. The topological polar surface area (TPSA) is 84.1 Å². The molecular formula is C43H58N4O2. The van der Waals surface area contributed by atoms with Gasteiger partial charge in [-0.1, -0.05) is 102 Å². The number of quaternary nitrogens is 1. The van der Waals surface area contributed by atoms with Crippen molar-refractivity contribution in [2.45, 2.75) is 111 Å². The van der Waals surface area contributed by atoms with E-state index in [1.807, 2.05) is 38.1 Å². The van der Waals surface area contributed by atoms with Crippen LogP contribution in [-0.2, 0) is 6.54 Å². The van der Waals surface area contributed by atoms with Gasteiger partial charge in [-0.05, 0) is 90.0 Å². The zero-order chi connectivity index (χ0) is 35.3. The van der Waals surface area contributed by atoms with Crippen LogP contribution in [0.3, 0.4) is 0 Å². The van der Waals surface area contributed by atoms with Gasteiger partial charge in [0.25, 0.3) is 0 Å². The number of rotatable bonds is 8. The Bertz CT molecular complexity index is 1600. The molecule has 2 unspecified atom stereocenters. The second kappa shape index (κ2) is 15.1. The van der Waals surface area contributed by atoms with Gasteiger partial charge in [0.2, 0.25) is 0 Å². The van der Waals surface area contributed by atoms with Gasteiger partial charge in [-0.15, -0.1) is 0 Å². The first-order valence-corrected chi connectivity index (χ1v) is 18.4. The minimum atomic E-state index is -0.491. The van der Waals surface area contributed by atoms with Crippen LogP contribution in [0.5, 0.6) is 11.8 Å². The standard InChI is InChI=1S/C35H40N4O2.C6H12.C2H6/c1-25-5-9-28(10-6-25)32(29-13-11-27(12-14-29)31-23-34(31,2)3)35(36)17-21-39(40,22-18-35)24-26-7-15-30(16-8-26)41-33-37-19-4-20-38-33;1-6(2)4-3-5-6;1-2/h4-16,19-20,31-32H,17-18,21-24,36H2,1-3H3;3-5H2,1-2H3;1-2H3. The highest BCUT2D eigenvalue weighted by atomic mass is 16.5. The Morgan fingerprint density at radius 3 is 1.80 bits per heavy atom. The van der Waals surface area contributed by atoms with E-state index in [4.69, 9.17) is 10.5 Å². The highest BCUT2D eigenvalue weighted by molar-refractivity contribution is 5.41. The monoisotopic (exact) mass is 662 g/mol. The maximum atomic E-state index is 13.9. The fourth-order valence-electron chi connectivity index (χ4n) is 7.40. The highest BCUT2D eigenvalue weighted by Crippen LogP contribution is 2.58. The maximum Gasteiger partial charge on any atom is 0.321 e. The molecule has 0 amide bonds. The van der Waals surface area contributed by atoms with Crippen molar-refractivity contribution >= 4 is 0 Å². The third-order valence-corrected chi connectivity index (χ3v) is 11.0. The molecule has 2 saturated carbocycles. The van der Waals surface area contributed by atoms with E-state index in [-0.39, 0.29) is 10.6 Å². The summed E-state index contributed by atoms with van der Waals surface area (Å²) in [6.07, 6.45) is 10.2. The fourth-order valence-corrected chi connectivity index (χ4v) is 7.40. The summed E-state index contributed by atoms with van der Waals surface area (Å²) in [5.41, 5.74) is 14.0. The summed E-state index contributed by atoms with van der Waals surface area (Å²) < 4.78 is 5.44. The fraction of sp³-hybridized carbons (Fsp3) is 0.488. The molecule has 4 aromatic rings. The summed E-state index contributed by atoms with van der Waals surface area (Å²) in [6.45, 7) is 16.8. The molecule has 2 heterocycles. The van der Waals surface area contributed by atoms with Crippen molar-refractivity contribution in [2.24, 2.45) is 16.6 Å². The first-order valence-electron chi connectivity index (χ1n) is 18.4. The average molecular weight is 663 g/mol. The summed E-state index contributed by atoms with van der Waals surface area (Å²) in [5, 5.41) is 13.9. The summed E-state index contributed by atoms with van der Waals surface area (Å²) in [6, 6.07) is 27.6. The van der Waals surface area contributed by atoms with Gasteiger partial charge in [0.05, 0.1) is 13.1 Å². The van der Waals surface area contributed by atoms with Crippen molar-refractivity contribution in [3.05, 3.63) is 124 Å². The van der Waals surface area contributed by atoms with Gasteiger partial charge in [-0.25, -0.2) is 9.97 Å². The van der Waals surface area contributed by atoms with Crippen LogP contribution in [0.1, 0.15) is 120 Å². The molecule has 6 heteroatoms.